The quantitative estimate of drug-likeness (QED) is 0.800. The van der Waals surface area contributed by atoms with E-state index in [4.69, 9.17) is 0 Å². The first-order valence-corrected chi connectivity index (χ1v) is 8.08. The van der Waals surface area contributed by atoms with Gasteiger partial charge in [-0.2, -0.15) is 0 Å². The Morgan fingerprint density at radius 1 is 1.16 bits per heavy atom. The fourth-order valence-corrected chi connectivity index (χ4v) is 3.45. The molecule has 1 N–H and O–H groups in total. The first-order valence-electron chi connectivity index (χ1n) is 8.08. The molecule has 3 heteroatoms. The predicted octanol–water partition coefficient (Wildman–Crippen LogP) is 3.53. The van der Waals surface area contributed by atoms with Crippen molar-refractivity contribution in [2.24, 2.45) is 11.8 Å². The number of rotatable bonds is 6. The van der Waals surface area contributed by atoms with Gasteiger partial charge in [-0.1, -0.05) is 26.7 Å². The van der Waals surface area contributed by atoms with Crippen molar-refractivity contribution in [2.75, 3.05) is 6.54 Å². The average molecular weight is 267 g/mol. The van der Waals surface area contributed by atoms with E-state index >= 15 is 0 Å². The van der Waals surface area contributed by atoms with Crippen LogP contribution >= 0.6 is 0 Å². The molecule has 2 aliphatic rings. The molecule has 0 amide bonds. The number of carboxylic acid groups (broad SMARTS) is 1. The molecule has 0 aromatic heterocycles. The lowest BCUT2D eigenvalue weighted by Crippen LogP contribution is -2.48. The predicted molar refractivity (Wildman–Crippen MR) is 77.2 cm³/mol. The summed E-state index contributed by atoms with van der Waals surface area (Å²) in [6.07, 6.45) is 9.33. The Morgan fingerprint density at radius 2 is 1.89 bits per heavy atom. The Kier molecular flexibility index (Phi) is 5.26. The second-order valence-electron chi connectivity index (χ2n) is 6.82. The van der Waals surface area contributed by atoms with Gasteiger partial charge in [0.15, 0.2) is 0 Å². The van der Waals surface area contributed by atoms with Crippen LogP contribution in [-0.2, 0) is 4.79 Å². The average Bonchev–Trinajstić information content (AvgIpc) is 3.14. The van der Waals surface area contributed by atoms with Crippen LogP contribution in [0.2, 0.25) is 0 Å². The van der Waals surface area contributed by atoms with Crippen molar-refractivity contribution in [1.82, 2.24) is 4.90 Å². The van der Waals surface area contributed by atoms with Gasteiger partial charge in [-0.15, -0.1) is 0 Å². The number of hydrogen-bond acceptors (Lipinski definition) is 2. The van der Waals surface area contributed by atoms with Gasteiger partial charge in [0, 0.05) is 6.04 Å². The van der Waals surface area contributed by atoms with Crippen molar-refractivity contribution in [3.63, 3.8) is 0 Å². The van der Waals surface area contributed by atoms with Gasteiger partial charge in [0.2, 0.25) is 0 Å². The van der Waals surface area contributed by atoms with Crippen LogP contribution in [0.25, 0.3) is 0 Å². The van der Waals surface area contributed by atoms with Gasteiger partial charge in [0.25, 0.3) is 0 Å². The minimum absolute atomic E-state index is 0.222. The van der Waals surface area contributed by atoms with Crippen molar-refractivity contribution in [3.05, 3.63) is 0 Å². The largest absolute Gasteiger partial charge is 0.480 e. The zero-order chi connectivity index (χ0) is 13.8. The maximum Gasteiger partial charge on any atom is 0.320 e. The highest BCUT2D eigenvalue weighted by molar-refractivity contribution is 5.73. The third-order valence-electron chi connectivity index (χ3n) is 4.71. The topological polar surface area (TPSA) is 40.5 Å². The summed E-state index contributed by atoms with van der Waals surface area (Å²) >= 11 is 0. The molecule has 1 aliphatic carbocycles. The maximum absolute atomic E-state index is 11.6. The number of likely N-dealkylation sites (tertiary alicyclic amines) is 1. The molecule has 2 unspecified atom stereocenters. The van der Waals surface area contributed by atoms with E-state index in [0.29, 0.717) is 6.04 Å². The second kappa shape index (κ2) is 6.74. The molecule has 19 heavy (non-hydrogen) atoms. The lowest BCUT2D eigenvalue weighted by Gasteiger charge is -2.35. The van der Waals surface area contributed by atoms with Gasteiger partial charge in [-0.3, -0.25) is 9.69 Å². The van der Waals surface area contributed by atoms with Crippen LogP contribution in [0, 0.1) is 11.8 Å². The zero-order valence-corrected chi connectivity index (χ0v) is 12.5. The van der Waals surface area contributed by atoms with Gasteiger partial charge in [0.05, 0.1) is 0 Å². The summed E-state index contributed by atoms with van der Waals surface area (Å²) < 4.78 is 0. The minimum Gasteiger partial charge on any atom is -0.480 e. The molecule has 0 aromatic rings. The van der Waals surface area contributed by atoms with E-state index in [-0.39, 0.29) is 6.04 Å². The number of aliphatic carboxylic acids is 1. The fourth-order valence-electron chi connectivity index (χ4n) is 3.45. The summed E-state index contributed by atoms with van der Waals surface area (Å²) in [5.41, 5.74) is 0. The molecule has 1 aliphatic heterocycles. The van der Waals surface area contributed by atoms with Crippen molar-refractivity contribution in [1.29, 1.82) is 0 Å². The van der Waals surface area contributed by atoms with E-state index in [0.717, 1.165) is 31.2 Å². The normalized spacial score (nSPS) is 27.2. The van der Waals surface area contributed by atoms with Gasteiger partial charge in [-0.25, -0.2) is 0 Å². The third kappa shape index (κ3) is 4.20. The summed E-state index contributed by atoms with van der Waals surface area (Å²) in [6, 6.07) is 0.307. The van der Waals surface area contributed by atoms with E-state index in [1.165, 1.54) is 38.5 Å². The van der Waals surface area contributed by atoms with Crippen LogP contribution in [-0.4, -0.2) is 34.6 Å². The summed E-state index contributed by atoms with van der Waals surface area (Å²) in [5.74, 6) is 0.896. The second-order valence-corrected chi connectivity index (χ2v) is 6.82. The fraction of sp³-hybridized carbons (Fsp3) is 0.938. The first kappa shape index (κ1) is 14.8. The van der Waals surface area contributed by atoms with Crippen LogP contribution in [0.5, 0.6) is 0 Å². The molecule has 2 rings (SSSR count). The molecule has 0 bridgehead atoms. The van der Waals surface area contributed by atoms with E-state index in [9.17, 15) is 9.90 Å². The molecule has 0 spiro atoms. The van der Waals surface area contributed by atoms with E-state index in [2.05, 4.69) is 18.7 Å². The van der Waals surface area contributed by atoms with E-state index in [1.54, 1.807) is 0 Å². The maximum atomic E-state index is 11.6. The molecule has 1 saturated heterocycles. The lowest BCUT2D eigenvalue weighted by atomic mass is 9.97. The monoisotopic (exact) mass is 267 g/mol. The number of hydrogen-bond donors (Lipinski definition) is 1. The summed E-state index contributed by atoms with van der Waals surface area (Å²) in [5, 5.41) is 9.52. The molecular formula is C16H29NO2. The molecule has 110 valence electrons. The summed E-state index contributed by atoms with van der Waals surface area (Å²) in [7, 11) is 0. The number of carbonyl (C=O) groups is 1. The Bertz CT molecular complexity index is 299. The van der Waals surface area contributed by atoms with E-state index < -0.39 is 5.97 Å². The zero-order valence-electron chi connectivity index (χ0n) is 12.5. The summed E-state index contributed by atoms with van der Waals surface area (Å²) in [6.45, 7) is 5.53. The van der Waals surface area contributed by atoms with Crippen LogP contribution in [0.3, 0.4) is 0 Å². The van der Waals surface area contributed by atoms with Crippen molar-refractivity contribution in [3.8, 4) is 0 Å². The Balaban J connectivity index is 2.04. The Hall–Kier alpha value is -0.570. The van der Waals surface area contributed by atoms with Gasteiger partial charge in [-0.05, 0) is 56.9 Å². The Morgan fingerprint density at radius 3 is 2.47 bits per heavy atom. The molecule has 2 fully saturated rings. The highest BCUT2D eigenvalue weighted by Gasteiger charge is 2.40. The van der Waals surface area contributed by atoms with E-state index in [1.807, 2.05) is 0 Å². The summed E-state index contributed by atoms with van der Waals surface area (Å²) in [4.78, 5) is 13.9. The molecule has 0 aromatic carbocycles. The SMILES string of the molecule is CC(C)CCC(C1CC1)N1CCCCCC1C(=O)O. The Labute approximate surface area is 117 Å². The highest BCUT2D eigenvalue weighted by atomic mass is 16.4. The van der Waals surface area contributed by atoms with Gasteiger partial charge < -0.3 is 5.11 Å². The minimum atomic E-state index is -0.600. The molecule has 0 radical (unpaired) electrons. The third-order valence-corrected chi connectivity index (χ3v) is 4.71. The highest BCUT2D eigenvalue weighted by Crippen LogP contribution is 2.39. The van der Waals surface area contributed by atoms with Crippen LogP contribution in [0.4, 0.5) is 0 Å². The van der Waals surface area contributed by atoms with Crippen LogP contribution in [0.15, 0.2) is 0 Å². The van der Waals surface area contributed by atoms with Crippen LogP contribution < -0.4 is 0 Å². The molecule has 2 atom stereocenters. The molecule has 1 saturated carbocycles. The molecular weight excluding hydrogens is 238 g/mol. The molecule has 1 heterocycles. The van der Waals surface area contributed by atoms with Crippen molar-refractivity contribution < 1.29 is 9.90 Å². The first-order chi connectivity index (χ1) is 9.09. The number of carboxylic acids is 1. The lowest BCUT2D eigenvalue weighted by molar-refractivity contribution is -0.144. The van der Waals surface area contributed by atoms with Crippen molar-refractivity contribution in [2.45, 2.75) is 77.3 Å². The van der Waals surface area contributed by atoms with Gasteiger partial charge in [0.1, 0.15) is 6.04 Å². The van der Waals surface area contributed by atoms with Crippen LogP contribution in [0.1, 0.15) is 65.2 Å². The smallest absolute Gasteiger partial charge is 0.320 e. The van der Waals surface area contributed by atoms with Gasteiger partial charge >= 0.3 is 5.97 Å². The standard InChI is InChI=1S/C16H29NO2/c1-12(2)7-10-14(13-8-9-13)17-11-5-3-4-6-15(17)16(18)19/h12-15H,3-11H2,1-2H3,(H,18,19). The number of nitrogens with zero attached hydrogens (tertiary/aromatic N) is 1. The molecule has 3 nitrogen and oxygen atoms in total. The van der Waals surface area contributed by atoms with Crippen molar-refractivity contribution >= 4 is 5.97 Å².